The lowest BCUT2D eigenvalue weighted by molar-refractivity contribution is 0.112. The van der Waals surface area contributed by atoms with Crippen LogP contribution < -0.4 is 5.73 Å². The molecule has 0 aliphatic rings. The van der Waals surface area contributed by atoms with Crippen molar-refractivity contribution in [3.05, 3.63) is 29.8 Å². The quantitative estimate of drug-likeness (QED) is 0.576. The smallest absolute Gasteiger partial charge is 0.0506 e. The van der Waals surface area contributed by atoms with Crippen LogP contribution in [0.4, 0.5) is 5.69 Å². The molecule has 0 saturated carbocycles. The Bertz CT molecular complexity index is 254. The molecule has 2 N–H and O–H groups in total. The molecule has 0 fully saturated rings. The van der Waals surface area contributed by atoms with Crippen LogP contribution >= 0.6 is 0 Å². The molecule has 0 aliphatic carbocycles. The van der Waals surface area contributed by atoms with Gasteiger partial charge in [0.15, 0.2) is 0 Å². The third kappa shape index (κ3) is 4.28. The van der Waals surface area contributed by atoms with Gasteiger partial charge in [-0.25, -0.2) is 0 Å². The fourth-order valence-corrected chi connectivity index (χ4v) is 1.19. The second-order valence-electron chi connectivity index (χ2n) is 3.96. The highest BCUT2D eigenvalue weighted by Gasteiger charge is 1.95. The first-order valence-electron chi connectivity index (χ1n) is 5.10. The summed E-state index contributed by atoms with van der Waals surface area (Å²) in [6, 6.07) is 7.96. The normalized spacial score (nSPS) is 10.8. The maximum absolute atomic E-state index is 5.59. The lowest BCUT2D eigenvalue weighted by Crippen LogP contribution is -2.05. The molecule has 0 unspecified atom stereocenters. The summed E-state index contributed by atoms with van der Waals surface area (Å²) < 4.78 is 5.50. The van der Waals surface area contributed by atoms with Crippen LogP contribution in [0.5, 0.6) is 0 Å². The van der Waals surface area contributed by atoms with E-state index >= 15 is 0 Å². The topological polar surface area (TPSA) is 35.2 Å². The van der Waals surface area contributed by atoms with E-state index in [2.05, 4.69) is 13.8 Å². The van der Waals surface area contributed by atoms with Crippen LogP contribution in [0.3, 0.4) is 0 Å². The Morgan fingerprint density at radius 1 is 1.21 bits per heavy atom. The van der Waals surface area contributed by atoms with E-state index in [0.29, 0.717) is 5.92 Å². The van der Waals surface area contributed by atoms with Crippen LogP contribution in [-0.2, 0) is 11.2 Å². The van der Waals surface area contributed by atoms with Gasteiger partial charge in [-0.3, -0.25) is 0 Å². The molecular weight excluding hydrogens is 174 g/mol. The van der Waals surface area contributed by atoms with Crippen LogP contribution in [0.1, 0.15) is 19.4 Å². The highest BCUT2D eigenvalue weighted by Crippen LogP contribution is 2.06. The molecule has 2 heteroatoms. The number of rotatable bonds is 5. The minimum atomic E-state index is 0.612. The van der Waals surface area contributed by atoms with Crippen molar-refractivity contribution in [2.75, 3.05) is 18.9 Å². The van der Waals surface area contributed by atoms with Gasteiger partial charge in [0.05, 0.1) is 6.61 Å². The van der Waals surface area contributed by atoms with E-state index in [-0.39, 0.29) is 0 Å². The molecule has 0 heterocycles. The Morgan fingerprint density at radius 3 is 2.43 bits per heavy atom. The summed E-state index contributed by atoms with van der Waals surface area (Å²) in [5.41, 5.74) is 7.69. The molecule has 0 saturated heterocycles. The number of hydrogen-bond donors (Lipinski definition) is 1. The first-order chi connectivity index (χ1) is 6.68. The molecule has 0 aromatic heterocycles. The van der Waals surface area contributed by atoms with Crippen LogP contribution in [-0.4, -0.2) is 13.2 Å². The van der Waals surface area contributed by atoms with Crippen molar-refractivity contribution >= 4 is 5.69 Å². The van der Waals surface area contributed by atoms with Crippen molar-refractivity contribution < 1.29 is 4.74 Å². The average Bonchev–Trinajstić information content (AvgIpc) is 2.15. The van der Waals surface area contributed by atoms with E-state index in [1.54, 1.807) is 0 Å². The molecule has 1 aromatic rings. The molecule has 14 heavy (non-hydrogen) atoms. The van der Waals surface area contributed by atoms with Crippen LogP contribution in [0.25, 0.3) is 0 Å². The molecule has 1 aromatic carbocycles. The highest BCUT2D eigenvalue weighted by atomic mass is 16.5. The van der Waals surface area contributed by atoms with Crippen molar-refractivity contribution in [2.45, 2.75) is 20.3 Å². The van der Waals surface area contributed by atoms with Gasteiger partial charge < -0.3 is 10.5 Å². The second kappa shape index (κ2) is 5.66. The zero-order valence-electron chi connectivity index (χ0n) is 8.99. The summed E-state index contributed by atoms with van der Waals surface area (Å²) in [5.74, 6) is 0.612. The van der Waals surface area contributed by atoms with Crippen LogP contribution in [0, 0.1) is 5.92 Å². The molecule has 0 bridgehead atoms. The summed E-state index contributed by atoms with van der Waals surface area (Å²) >= 11 is 0. The fraction of sp³-hybridized carbons (Fsp3) is 0.500. The summed E-state index contributed by atoms with van der Waals surface area (Å²) in [7, 11) is 0. The number of nitrogen functional groups attached to an aromatic ring is 1. The van der Waals surface area contributed by atoms with E-state index in [9.17, 15) is 0 Å². The van der Waals surface area contributed by atoms with Gasteiger partial charge >= 0.3 is 0 Å². The van der Waals surface area contributed by atoms with E-state index in [1.807, 2.05) is 24.3 Å². The van der Waals surface area contributed by atoms with E-state index in [0.717, 1.165) is 25.3 Å². The molecule has 0 spiro atoms. The summed E-state index contributed by atoms with van der Waals surface area (Å²) in [6.07, 6.45) is 0.965. The van der Waals surface area contributed by atoms with Gasteiger partial charge in [-0.2, -0.15) is 0 Å². The highest BCUT2D eigenvalue weighted by molar-refractivity contribution is 5.39. The van der Waals surface area contributed by atoms with Gasteiger partial charge in [-0.1, -0.05) is 26.0 Å². The van der Waals surface area contributed by atoms with Crippen LogP contribution in [0.2, 0.25) is 0 Å². The van der Waals surface area contributed by atoms with Crippen molar-refractivity contribution in [3.63, 3.8) is 0 Å². The number of hydrogen-bond acceptors (Lipinski definition) is 2. The van der Waals surface area contributed by atoms with E-state index < -0.39 is 0 Å². The van der Waals surface area contributed by atoms with Crippen molar-refractivity contribution in [1.82, 2.24) is 0 Å². The van der Waals surface area contributed by atoms with Gasteiger partial charge in [0, 0.05) is 12.3 Å². The van der Waals surface area contributed by atoms with Gasteiger partial charge in [0.2, 0.25) is 0 Å². The van der Waals surface area contributed by atoms with Crippen molar-refractivity contribution in [2.24, 2.45) is 5.92 Å². The van der Waals surface area contributed by atoms with Gasteiger partial charge in [0.25, 0.3) is 0 Å². The SMILES string of the molecule is CC(C)COCCc1ccc(N)cc1. The molecule has 0 radical (unpaired) electrons. The standard InChI is InChI=1S/C12H19NO/c1-10(2)9-14-8-7-11-3-5-12(13)6-4-11/h3-6,10H,7-9,13H2,1-2H3. The zero-order valence-corrected chi connectivity index (χ0v) is 8.99. The predicted molar refractivity (Wildman–Crippen MR) is 60.2 cm³/mol. The molecule has 0 atom stereocenters. The zero-order chi connectivity index (χ0) is 10.4. The van der Waals surface area contributed by atoms with Gasteiger partial charge in [-0.05, 0) is 30.0 Å². The Balaban J connectivity index is 2.21. The Labute approximate surface area is 86.1 Å². The van der Waals surface area contributed by atoms with Gasteiger partial charge in [0.1, 0.15) is 0 Å². The third-order valence-corrected chi connectivity index (χ3v) is 1.97. The average molecular weight is 193 g/mol. The lowest BCUT2D eigenvalue weighted by atomic mass is 10.1. The number of ether oxygens (including phenoxy) is 1. The van der Waals surface area contributed by atoms with Crippen LogP contribution in [0.15, 0.2) is 24.3 Å². The minimum absolute atomic E-state index is 0.612. The third-order valence-electron chi connectivity index (χ3n) is 1.97. The fourth-order valence-electron chi connectivity index (χ4n) is 1.19. The molecule has 0 amide bonds. The summed E-state index contributed by atoms with van der Waals surface area (Å²) in [4.78, 5) is 0. The van der Waals surface area contributed by atoms with Crippen molar-refractivity contribution in [1.29, 1.82) is 0 Å². The van der Waals surface area contributed by atoms with Gasteiger partial charge in [-0.15, -0.1) is 0 Å². The molecule has 2 nitrogen and oxygen atoms in total. The predicted octanol–water partition coefficient (Wildman–Crippen LogP) is 2.48. The molecular formula is C12H19NO. The number of nitrogens with two attached hydrogens (primary N) is 1. The van der Waals surface area contributed by atoms with Crippen molar-refractivity contribution in [3.8, 4) is 0 Å². The minimum Gasteiger partial charge on any atom is -0.399 e. The Kier molecular flexibility index (Phi) is 4.47. The summed E-state index contributed by atoms with van der Waals surface area (Å²) in [5, 5.41) is 0. The number of anilines is 1. The van der Waals surface area contributed by atoms with E-state index in [4.69, 9.17) is 10.5 Å². The first kappa shape index (κ1) is 11.1. The lowest BCUT2D eigenvalue weighted by Gasteiger charge is -2.06. The second-order valence-corrected chi connectivity index (χ2v) is 3.96. The maximum atomic E-state index is 5.59. The molecule has 1 rings (SSSR count). The molecule has 0 aliphatic heterocycles. The number of benzene rings is 1. The Hall–Kier alpha value is -1.02. The maximum Gasteiger partial charge on any atom is 0.0506 e. The first-order valence-corrected chi connectivity index (χ1v) is 5.10. The Morgan fingerprint density at radius 2 is 1.86 bits per heavy atom. The molecule has 78 valence electrons. The monoisotopic (exact) mass is 193 g/mol. The summed E-state index contributed by atoms with van der Waals surface area (Å²) in [6.45, 7) is 5.95. The largest absolute Gasteiger partial charge is 0.399 e. The van der Waals surface area contributed by atoms with E-state index in [1.165, 1.54) is 5.56 Å².